The second-order valence-corrected chi connectivity index (χ2v) is 6.53. The molecule has 1 heterocycles. The highest BCUT2D eigenvalue weighted by Crippen LogP contribution is 2.34. The minimum atomic E-state index is 0.105. The topological polar surface area (TPSA) is 45.2 Å². The predicted molar refractivity (Wildman–Crippen MR) is 81.7 cm³/mol. The van der Waals surface area contributed by atoms with E-state index in [9.17, 15) is 5.11 Å². The van der Waals surface area contributed by atoms with Gasteiger partial charge in [0.1, 0.15) is 0 Å². The lowest BCUT2D eigenvalue weighted by atomic mass is 9.97. The summed E-state index contributed by atoms with van der Waals surface area (Å²) >= 11 is 1.82. The van der Waals surface area contributed by atoms with Crippen molar-refractivity contribution in [3.63, 3.8) is 0 Å². The fourth-order valence-electron chi connectivity index (χ4n) is 2.85. The van der Waals surface area contributed by atoms with Crippen LogP contribution in [0, 0.1) is 6.92 Å². The summed E-state index contributed by atoms with van der Waals surface area (Å²) in [6.45, 7) is 2.99. The number of thiazole rings is 1. The summed E-state index contributed by atoms with van der Waals surface area (Å²) in [4.78, 5) is 6.04. The van der Waals surface area contributed by atoms with Gasteiger partial charge in [-0.15, -0.1) is 11.3 Å². The second kappa shape index (κ2) is 6.04. The smallest absolute Gasteiger partial charge is 0.0900 e. The van der Waals surface area contributed by atoms with Crippen molar-refractivity contribution in [2.75, 3.05) is 0 Å². The van der Waals surface area contributed by atoms with E-state index in [1.165, 1.54) is 34.0 Å². The Morgan fingerprint density at radius 3 is 2.95 bits per heavy atom. The third-order valence-electron chi connectivity index (χ3n) is 3.89. The van der Waals surface area contributed by atoms with Crippen molar-refractivity contribution in [2.24, 2.45) is 0 Å². The first-order valence-corrected chi connectivity index (χ1v) is 7.97. The summed E-state index contributed by atoms with van der Waals surface area (Å²) in [7, 11) is 0. The molecule has 0 saturated carbocycles. The number of nitrogens with zero attached hydrogens (tertiary/aromatic N) is 1. The van der Waals surface area contributed by atoms with Crippen LogP contribution in [0.4, 0.5) is 0 Å². The Morgan fingerprint density at radius 1 is 1.35 bits per heavy atom. The summed E-state index contributed by atoms with van der Waals surface area (Å²) in [6.07, 6.45) is 3.50. The molecule has 0 bridgehead atoms. The number of hydrogen-bond donors (Lipinski definition) is 2. The number of hydrogen-bond acceptors (Lipinski definition) is 4. The molecule has 0 fully saturated rings. The molecule has 0 radical (unpaired) electrons. The summed E-state index contributed by atoms with van der Waals surface area (Å²) < 4.78 is 0. The van der Waals surface area contributed by atoms with Crippen molar-refractivity contribution in [2.45, 2.75) is 45.4 Å². The average Bonchev–Trinajstić information content (AvgIpc) is 2.86. The Labute approximate surface area is 123 Å². The van der Waals surface area contributed by atoms with Gasteiger partial charge in [0.25, 0.3) is 0 Å². The maximum absolute atomic E-state index is 9.38. The van der Waals surface area contributed by atoms with Crippen LogP contribution in [0.15, 0.2) is 24.3 Å². The fraction of sp³-hybridized carbons (Fsp3) is 0.438. The normalized spacial score (nSPS) is 18.0. The SMILES string of the molecule is Cc1nc2c(s1)C(NCc1ccccc1CO)CCC2. The second-order valence-electron chi connectivity index (χ2n) is 5.30. The van der Waals surface area contributed by atoms with Gasteiger partial charge in [-0.05, 0) is 37.3 Å². The average molecular weight is 288 g/mol. The van der Waals surface area contributed by atoms with E-state index < -0.39 is 0 Å². The van der Waals surface area contributed by atoms with Gasteiger partial charge in [-0.1, -0.05) is 24.3 Å². The Morgan fingerprint density at radius 2 is 2.15 bits per heavy atom. The van der Waals surface area contributed by atoms with Crippen molar-refractivity contribution >= 4 is 11.3 Å². The van der Waals surface area contributed by atoms with Crippen molar-refractivity contribution in [1.82, 2.24) is 10.3 Å². The van der Waals surface area contributed by atoms with Crippen molar-refractivity contribution in [3.8, 4) is 0 Å². The van der Waals surface area contributed by atoms with Gasteiger partial charge in [-0.25, -0.2) is 4.98 Å². The molecule has 1 unspecified atom stereocenters. The van der Waals surface area contributed by atoms with Gasteiger partial charge in [-0.2, -0.15) is 0 Å². The lowest BCUT2D eigenvalue weighted by Gasteiger charge is -2.23. The molecule has 4 heteroatoms. The molecule has 1 aromatic carbocycles. The van der Waals surface area contributed by atoms with Gasteiger partial charge in [0.15, 0.2) is 0 Å². The first-order chi connectivity index (χ1) is 9.78. The van der Waals surface area contributed by atoms with Crippen molar-refractivity contribution in [3.05, 3.63) is 51.0 Å². The molecular formula is C16H20N2OS. The van der Waals surface area contributed by atoms with Gasteiger partial charge < -0.3 is 10.4 Å². The molecule has 0 spiro atoms. The molecule has 2 N–H and O–H groups in total. The van der Waals surface area contributed by atoms with E-state index in [0.29, 0.717) is 6.04 Å². The largest absolute Gasteiger partial charge is 0.392 e. The lowest BCUT2D eigenvalue weighted by molar-refractivity contribution is 0.280. The number of fused-ring (bicyclic) bond motifs is 1. The van der Waals surface area contributed by atoms with E-state index in [1.54, 1.807) is 0 Å². The maximum Gasteiger partial charge on any atom is 0.0900 e. The molecule has 2 aromatic rings. The van der Waals surface area contributed by atoms with Crippen LogP contribution in [0.3, 0.4) is 0 Å². The summed E-state index contributed by atoms with van der Waals surface area (Å²) in [6, 6.07) is 8.48. The zero-order valence-electron chi connectivity index (χ0n) is 11.7. The molecule has 1 aliphatic rings. The Hall–Kier alpha value is -1.23. The summed E-state index contributed by atoms with van der Waals surface area (Å²) in [5.74, 6) is 0. The molecule has 1 aromatic heterocycles. The van der Waals surface area contributed by atoms with E-state index in [2.05, 4.69) is 23.3 Å². The number of aromatic nitrogens is 1. The minimum absolute atomic E-state index is 0.105. The molecular weight excluding hydrogens is 268 g/mol. The number of benzene rings is 1. The van der Waals surface area contributed by atoms with Crippen LogP contribution < -0.4 is 5.32 Å². The zero-order valence-corrected chi connectivity index (χ0v) is 12.5. The number of nitrogens with one attached hydrogen (secondary N) is 1. The van der Waals surface area contributed by atoms with Gasteiger partial charge in [0, 0.05) is 17.5 Å². The predicted octanol–water partition coefficient (Wildman–Crippen LogP) is 3.11. The number of rotatable bonds is 4. The first kappa shape index (κ1) is 13.7. The number of aryl methyl sites for hydroxylation is 2. The van der Waals surface area contributed by atoms with E-state index in [1.807, 2.05) is 29.5 Å². The van der Waals surface area contributed by atoms with Gasteiger partial charge in [-0.3, -0.25) is 0 Å². The minimum Gasteiger partial charge on any atom is -0.392 e. The van der Waals surface area contributed by atoms with Gasteiger partial charge in [0.2, 0.25) is 0 Å². The monoisotopic (exact) mass is 288 g/mol. The molecule has 3 nitrogen and oxygen atoms in total. The van der Waals surface area contributed by atoms with Crippen molar-refractivity contribution in [1.29, 1.82) is 0 Å². The van der Waals surface area contributed by atoms with Crippen molar-refractivity contribution < 1.29 is 5.11 Å². The molecule has 0 aliphatic heterocycles. The van der Waals surface area contributed by atoms with Crippen LogP contribution in [0.2, 0.25) is 0 Å². The van der Waals surface area contributed by atoms with E-state index in [4.69, 9.17) is 0 Å². The van der Waals surface area contributed by atoms with Crippen LogP contribution in [-0.2, 0) is 19.6 Å². The highest BCUT2D eigenvalue weighted by atomic mass is 32.1. The number of aliphatic hydroxyl groups excluding tert-OH is 1. The standard InChI is InChI=1S/C16H20N2OS/c1-11-18-15-8-4-7-14(16(15)20-11)17-9-12-5-2-3-6-13(12)10-19/h2-3,5-6,14,17,19H,4,7-10H2,1H3. The Kier molecular flexibility index (Phi) is 4.15. The van der Waals surface area contributed by atoms with Crippen LogP contribution >= 0.6 is 11.3 Å². The lowest BCUT2D eigenvalue weighted by Crippen LogP contribution is -2.24. The number of aliphatic hydroxyl groups is 1. The van der Waals surface area contributed by atoms with Gasteiger partial charge >= 0.3 is 0 Å². The molecule has 0 saturated heterocycles. The van der Waals surface area contributed by atoms with Crippen LogP contribution in [0.1, 0.15) is 45.6 Å². The van der Waals surface area contributed by atoms with Crippen LogP contribution in [-0.4, -0.2) is 10.1 Å². The molecule has 0 amide bonds. The fourth-order valence-corrected chi connectivity index (χ4v) is 3.94. The Bertz CT molecular complexity index is 594. The summed E-state index contributed by atoms with van der Waals surface area (Å²) in [5.41, 5.74) is 3.48. The van der Waals surface area contributed by atoms with Crippen LogP contribution in [0.5, 0.6) is 0 Å². The maximum atomic E-state index is 9.38. The molecule has 1 atom stereocenters. The molecule has 1 aliphatic carbocycles. The zero-order chi connectivity index (χ0) is 13.9. The van der Waals surface area contributed by atoms with E-state index in [-0.39, 0.29) is 6.61 Å². The molecule has 106 valence electrons. The quantitative estimate of drug-likeness (QED) is 0.908. The third-order valence-corrected chi connectivity index (χ3v) is 5.01. The van der Waals surface area contributed by atoms with Gasteiger partial charge in [0.05, 0.1) is 17.3 Å². The van der Waals surface area contributed by atoms with Crippen LogP contribution in [0.25, 0.3) is 0 Å². The Balaban J connectivity index is 1.73. The van der Waals surface area contributed by atoms with E-state index in [0.717, 1.165) is 18.5 Å². The van der Waals surface area contributed by atoms with E-state index >= 15 is 0 Å². The summed E-state index contributed by atoms with van der Waals surface area (Å²) in [5, 5.41) is 14.2. The molecule has 3 rings (SSSR count). The highest BCUT2D eigenvalue weighted by molar-refractivity contribution is 7.11. The highest BCUT2D eigenvalue weighted by Gasteiger charge is 2.23. The third kappa shape index (κ3) is 2.77. The first-order valence-electron chi connectivity index (χ1n) is 7.15. The molecule has 20 heavy (non-hydrogen) atoms.